The Bertz CT molecular complexity index is 1320. The summed E-state index contributed by atoms with van der Waals surface area (Å²) in [6.45, 7) is 7.78. The average molecular weight is 580 g/mol. The van der Waals surface area contributed by atoms with E-state index in [1.165, 1.54) is 29.2 Å². The van der Waals surface area contributed by atoms with E-state index in [0.29, 0.717) is 35.1 Å². The van der Waals surface area contributed by atoms with Crippen LogP contribution in [0.25, 0.3) is 11.1 Å². The maximum Gasteiger partial charge on any atom is 0.416 e. The molecule has 222 valence electrons. The fourth-order valence-corrected chi connectivity index (χ4v) is 4.71. The minimum absolute atomic E-state index is 0.0305. The van der Waals surface area contributed by atoms with Gasteiger partial charge in [0.05, 0.1) is 11.5 Å². The van der Waals surface area contributed by atoms with E-state index in [1.54, 1.807) is 18.2 Å². The van der Waals surface area contributed by atoms with Crippen molar-refractivity contribution in [2.24, 2.45) is 11.8 Å². The van der Waals surface area contributed by atoms with Gasteiger partial charge >= 0.3 is 12.1 Å². The Labute approximate surface area is 236 Å². The van der Waals surface area contributed by atoms with Gasteiger partial charge in [-0.2, -0.15) is 13.2 Å². The smallest absolute Gasteiger partial charge is 0.416 e. The summed E-state index contributed by atoms with van der Waals surface area (Å²) in [6, 6.07) is 12.8. The van der Waals surface area contributed by atoms with E-state index < -0.39 is 47.1 Å². The van der Waals surface area contributed by atoms with Crippen LogP contribution in [0, 0.1) is 23.5 Å². The van der Waals surface area contributed by atoms with Crippen LogP contribution in [0.1, 0.15) is 75.0 Å². The number of halogens is 6. The van der Waals surface area contributed by atoms with Gasteiger partial charge < -0.3 is 5.11 Å². The minimum Gasteiger partial charge on any atom is -0.481 e. The lowest BCUT2D eigenvalue weighted by atomic mass is 9.87. The highest BCUT2D eigenvalue weighted by atomic mass is 19.4. The average Bonchev–Trinajstić information content (AvgIpc) is 2.90. The molecule has 2 unspecified atom stereocenters. The topological polar surface area (TPSA) is 40.5 Å². The van der Waals surface area contributed by atoms with Gasteiger partial charge in [-0.15, -0.1) is 0 Å². The van der Waals surface area contributed by atoms with Crippen molar-refractivity contribution in [2.75, 3.05) is 6.54 Å². The molecule has 0 spiro atoms. The van der Waals surface area contributed by atoms with Gasteiger partial charge in [-0.1, -0.05) is 64.1 Å². The van der Waals surface area contributed by atoms with E-state index in [1.807, 2.05) is 27.7 Å². The number of carbonyl (C=O) groups is 1. The zero-order chi connectivity index (χ0) is 30.5. The highest BCUT2D eigenvalue weighted by Crippen LogP contribution is 2.35. The number of nitrogens with zero attached hydrogens (tertiary/aromatic N) is 1. The number of hydrogen-bond acceptors (Lipinski definition) is 2. The second-order valence-electron chi connectivity index (χ2n) is 11.2. The molecule has 41 heavy (non-hydrogen) atoms. The summed E-state index contributed by atoms with van der Waals surface area (Å²) in [5.41, 5.74) is 0.549. The van der Waals surface area contributed by atoms with Crippen molar-refractivity contribution in [3.63, 3.8) is 0 Å². The molecule has 3 aromatic rings. The molecule has 0 heterocycles. The monoisotopic (exact) mass is 579 g/mol. The normalized spacial score (nSPS) is 13.7. The third-order valence-electron chi connectivity index (χ3n) is 6.91. The lowest BCUT2D eigenvalue weighted by Crippen LogP contribution is -2.29. The van der Waals surface area contributed by atoms with Gasteiger partial charge in [-0.05, 0) is 71.2 Å². The zero-order valence-electron chi connectivity index (χ0n) is 23.5. The lowest BCUT2D eigenvalue weighted by Gasteiger charge is -2.28. The van der Waals surface area contributed by atoms with Crippen LogP contribution < -0.4 is 0 Å². The molecule has 0 aliphatic rings. The Balaban J connectivity index is 2.11. The Morgan fingerprint density at radius 1 is 0.902 bits per heavy atom. The first-order chi connectivity index (χ1) is 19.2. The molecule has 3 nitrogen and oxygen atoms in total. The molecule has 0 aliphatic heterocycles. The van der Waals surface area contributed by atoms with E-state index in [2.05, 4.69) is 0 Å². The first-order valence-electron chi connectivity index (χ1n) is 13.5. The Kier molecular flexibility index (Phi) is 10.6. The second-order valence-corrected chi connectivity index (χ2v) is 11.2. The van der Waals surface area contributed by atoms with Crippen molar-refractivity contribution in [3.8, 4) is 11.1 Å². The molecule has 3 rings (SSSR count). The summed E-state index contributed by atoms with van der Waals surface area (Å²) < 4.78 is 83.8. The fraction of sp³-hybridized carbons (Fsp3) is 0.406. The maximum atomic E-state index is 15.8. The first kappa shape index (κ1) is 32.2. The Morgan fingerprint density at radius 3 is 2.12 bits per heavy atom. The highest BCUT2D eigenvalue weighted by Gasteiger charge is 2.30. The molecule has 0 fully saturated rings. The molecule has 0 amide bonds. The molecule has 2 atom stereocenters. The van der Waals surface area contributed by atoms with E-state index >= 15 is 4.39 Å². The van der Waals surface area contributed by atoms with Crippen LogP contribution in [-0.2, 0) is 17.5 Å². The van der Waals surface area contributed by atoms with Crippen LogP contribution in [0.4, 0.5) is 26.3 Å². The summed E-state index contributed by atoms with van der Waals surface area (Å²) in [6.07, 6.45) is -5.65. The van der Waals surface area contributed by atoms with E-state index in [9.17, 15) is 31.9 Å². The van der Waals surface area contributed by atoms with Gasteiger partial charge in [0, 0.05) is 18.7 Å². The Morgan fingerprint density at radius 2 is 1.56 bits per heavy atom. The molecule has 0 aliphatic carbocycles. The van der Waals surface area contributed by atoms with E-state index in [0.717, 1.165) is 18.2 Å². The third-order valence-corrected chi connectivity index (χ3v) is 6.91. The molecule has 0 radical (unpaired) electrons. The summed E-state index contributed by atoms with van der Waals surface area (Å²) in [7, 11) is 0. The number of rotatable bonds is 12. The van der Waals surface area contributed by atoms with E-state index in [-0.39, 0.29) is 24.9 Å². The zero-order valence-corrected chi connectivity index (χ0v) is 23.5. The Hall–Kier alpha value is -3.33. The van der Waals surface area contributed by atoms with Gasteiger partial charge in [-0.25, -0.2) is 13.2 Å². The van der Waals surface area contributed by atoms with Crippen molar-refractivity contribution in [3.05, 3.63) is 94.6 Å². The quantitative estimate of drug-likeness (QED) is 0.172. The molecule has 0 saturated carbocycles. The maximum absolute atomic E-state index is 15.8. The standard InChI is InChI=1S/C32H35F6NO2/c1-19(2)12-13-39(30(35)26-6-5-7-28(33)29(26)34)18-21-15-23(22-8-10-25(11-9-22)32(36,37)38)17-24(16-21)27(31(40)41)14-20(3)4/h5-11,15-17,19-20,27,30H,12-14,18H2,1-4H3,(H,40,41). The van der Waals surface area contributed by atoms with Gasteiger partial charge in [0.2, 0.25) is 0 Å². The van der Waals surface area contributed by atoms with Crippen LogP contribution in [0.15, 0.2) is 60.7 Å². The second kappa shape index (κ2) is 13.6. The number of benzene rings is 3. The van der Waals surface area contributed by atoms with Gasteiger partial charge in [0.25, 0.3) is 0 Å². The molecule has 1 N–H and O–H groups in total. The van der Waals surface area contributed by atoms with Gasteiger partial charge in [0.1, 0.15) is 0 Å². The van der Waals surface area contributed by atoms with Gasteiger partial charge in [-0.3, -0.25) is 9.69 Å². The summed E-state index contributed by atoms with van der Waals surface area (Å²) in [5.74, 6) is -4.21. The number of alkyl halides is 4. The first-order valence-corrected chi connectivity index (χ1v) is 13.5. The summed E-state index contributed by atoms with van der Waals surface area (Å²) in [5, 5.41) is 10.0. The van der Waals surface area contributed by atoms with Crippen LogP contribution in [-0.4, -0.2) is 22.5 Å². The predicted octanol–water partition coefficient (Wildman–Crippen LogP) is 9.38. The SMILES string of the molecule is CC(C)CCN(Cc1cc(-c2ccc(C(F)(F)F)cc2)cc(C(CC(C)C)C(=O)O)c1)C(F)c1cccc(F)c1F. The van der Waals surface area contributed by atoms with Gasteiger partial charge in [0.15, 0.2) is 17.9 Å². The molecule has 0 bridgehead atoms. The van der Waals surface area contributed by atoms with Crippen LogP contribution in [0.5, 0.6) is 0 Å². The summed E-state index contributed by atoms with van der Waals surface area (Å²) >= 11 is 0. The lowest BCUT2D eigenvalue weighted by molar-refractivity contribution is -0.139. The van der Waals surface area contributed by atoms with Crippen molar-refractivity contribution < 1.29 is 36.2 Å². The largest absolute Gasteiger partial charge is 0.481 e. The van der Waals surface area contributed by atoms with E-state index in [4.69, 9.17) is 0 Å². The molecule has 3 aromatic carbocycles. The number of carboxylic acid groups (broad SMARTS) is 1. The molecule has 0 aromatic heterocycles. The van der Waals surface area contributed by atoms with Crippen LogP contribution in [0.2, 0.25) is 0 Å². The van der Waals surface area contributed by atoms with Crippen LogP contribution in [0.3, 0.4) is 0 Å². The summed E-state index contributed by atoms with van der Waals surface area (Å²) in [4.78, 5) is 13.6. The molecular weight excluding hydrogens is 544 g/mol. The number of aliphatic carboxylic acids is 1. The molecule has 0 saturated heterocycles. The predicted molar refractivity (Wildman–Crippen MR) is 147 cm³/mol. The fourth-order valence-electron chi connectivity index (χ4n) is 4.71. The van der Waals surface area contributed by atoms with Crippen LogP contribution >= 0.6 is 0 Å². The van der Waals surface area contributed by atoms with Crippen molar-refractivity contribution >= 4 is 5.97 Å². The molecular formula is C32H35F6NO2. The van der Waals surface area contributed by atoms with Crippen molar-refractivity contribution in [1.29, 1.82) is 0 Å². The highest BCUT2D eigenvalue weighted by molar-refractivity contribution is 5.77. The number of hydrogen-bond donors (Lipinski definition) is 1. The van der Waals surface area contributed by atoms with Crippen molar-refractivity contribution in [1.82, 2.24) is 4.90 Å². The minimum atomic E-state index is -4.52. The number of carboxylic acids is 1. The van der Waals surface area contributed by atoms with Crippen molar-refractivity contribution in [2.45, 2.75) is 65.5 Å². The molecule has 9 heteroatoms. The third kappa shape index (κ3) is 8.58.